The number of ether oxygens (including phenoxy) is 2. The molecule has 7 heteroatoms. The Bertz CT molecular complexity index is 868. The normalized spacial score (nSPS) is 14.7. The minimum absolute atomic E-state index is 0. The molecule has 1 amide bonds. The second-order valence-corrected chi connectivity index (χ2v) is 8.63. The van der Waals surface area contributed by atoms with Gasteiger partial charge in [-0.1, -0.05) is 36.8 Å². The van der Waals surface area contributed by atoms with Gasteiger partial charge in [-0.15, -0.1) is 0 Å². The molecule has 0 aromatic heterocycles. The molecule has 1 radical (unpaired) electrons. The number of carbonyl (C=O) groups excluding carboxylic acids is 2. The van der Waals surface area contributed by atoms with Crippen LogP contribution in [-0.2, 0) is 9.53 Å². The molecule has 2 N–H and O–H groups in total. The zero-order chi connectivity index (χ0) is 23.5. The van der Waals surface area contributed by atoms with Gasteiger partial charge in [-0.05, 0) is 68.4 Å². The summed E-state index contributed by atoms with van der Waals surface area (Å²) in [6.07, 6.45) is 5.64. The summed E-state index contributed by atoms with van der Waals surface area (Å²) in [6.45, 7) is 4.53. The number of hydrogen-bond acceptors (Lipinski definition) is 5. The summed E-state index contributed by atoms with van der Waals surface area (Å²) in [4.78, 5) is 26.1. The Kier molecular flexibility index (Phi) is 12.7. The average molecular weight is 476 g/mol. The fourth-order valence-corrected chi connectivity index (χ4v) is 4.24. The number of nitrogens with zero attached hydrogens (tertiary/aromatic N) is 1. The zero-order valence-corrected chi connectivity index (χ0v) is 22.6. The van der Waals surface area contributed by atoms with Crippen molar-refractivity contribution in [3.63, 3.8) is 0 Å². The molecule has 0 spiro atoms. The number of esters is 1. The van der Waals surface area contributed by atoms with Gasteiger partial charge in [-0.25, -0.2) is 0 Å². The van der Waals surface area contributed by atoms with Crippen LogP contribution < -0.4 is 10.5 Å². The van der Waals surface area contributed by atoms with Crippen LogP contribution in [0.3, 0.4) is 0 Å². The van der Waals surface area contributed by atoms with Gasteiger partial charge in [0.1, 0.15) is 5.75 Å². The second kappa shape index (κ2) is 15.2. The molecule has 1 aliphatic rings. The third kappa shape index (κ3) is 9.06. The van der Waals surface area contributed by atoms with E-state index in [-0.39, 0.29) is 53.9 Å². The van der Waals surface area contributed by atoms with E-state index in [9.17, 15) is 9.59 Å². The number of amides is 1. The summed E-state index contributed by atoms with van der Waals surface area (Å²) < 4.78 is 10.8. The number of benzene rings is 2. The van der Waals surface area contributed by atoms with E-state index in [0.29, 0.717) is 19.1 Å². The first kappa shape index (κ1) is 28.4. The van der Waals surface area contributed by atoms with Crippen molar-refractivity contribution in [2.24, 2.45) is 11.7 Å². The molecule has 0 saturated carbocycles. The van der Waals surface area contributed by atoms with E-state index in [1.165, 1.54) is 6.42 Å². The van der Waals surface area contributed by atoms with Crippen LogP contribution in [0.4, 0.5) is 0 Å². The van der Waals surface area contributed by atoms with Gasteiger partial charge in [0, 0.05) is 54.3 Å². The van der Waals surface area contributed by atoms with Gasteiger partial charge in [0.05, 0.1) is 19.6 Å². The van der Waals surface area contributed by atoms with Crippen molar-refractivity contribution in [2.75, 3.05) is 26.3 Å². The van der Waals surface area contributed by atoms with Gasteiger partial charge in [-0.2, -0.15) is 0 Å². The van der Waals surface area contributed by atoms with Crippen molar-refractivity contribution in [1.82, 2.24) is 4.90 Å². The standard InChI is InChI=1S/C27H36N2O4.Na/c1-2-32-26(30)20-25(28)22-11-13-24(14-12-22)33-19-7-6-8-21-15-17-29(18-16-21)27(31)23-9-4-3-5-10-23;/h3-5,9-14,21,25H,2,6-8,15-20,28H2,1H3;. The van der Waals surface area contributed by atoms with Crippen LogP contribution >= 0.6 is 0 Å². The zero-order valence-electron chi connectivity index (χ0n) is 20.6. The average Bonchev–Trinajstić information content (AvgIpc) is 2.85. The molecule has 3 rings (SSSR count). The van der Waals surface area contributed by atoms with E-state index in [4.69, 9.17) is 15.2 Å². The van der Waals surface area contributed by atoms with Crippen molar-refractivity contribution in [1.29, 1.82) is 0 Å². The van der Waals surface area contributed by atoms with Crippen molar-refractivity contribution < 1.29 is 19.1 Å². The van der Waals surface area contributed by atoms with Crippen molar-refractivity contribution in [3.8, 4) is 5.75 Å². The molecular formula is C27H36N2NaO4. The molecule has 34 heavy (non-hydrogen) atoms. The molecule has 1 unspecified atom stereocenters. The molecule has 1 heterocycles. The predicted octanol–water partition coefficient (Wildman–Crippen LogP) is 4.36. The third-order valence-electron chi connectivity index (χ3n) is 6.20. The first-order chi connectivity index (χ1) is 16.1. The largest absolute Gasteiger partial charge is 0.494 e. The number of carbonyl (C=O) groups is 2. The van der Waals surface area contributed by atoms with E-state index < -0.39 is 0 Å². The molecule has 0 aliphatic carbocycles. The number of rotatable bonds is 11. The quantitative estimate of drug-likeness (QED) is 0.297. The van der Waals surface area contributed by atoms with Gasteiger partial charge in [0.15, 0.2) is 0 Å². The van der Waals surface area contributed by atoms with Crippen LogP contribution in [0.5, 0.6) is 5.75 Å². The molecule has 6 nitrogen and oxygen atoms in total. The van der Waals surface area contributed by atoms with Gasteiger partial charge in [0.25, 0.3) is 5.91 Å². The van der Waals surface area contributed by atoms with Crippen LogP contribution in [-0.4, -0.2) is 72.6 Å². The van der Waals surface area contributed by atoms with Gasteiger partial charge in [-0.3, -0.25) is 9.59 Å². The third-order valence-corrected chi connectivity index (χ3v) is 6.20. The maximum atomic E-state index is 12.6. The van der Waals surface area contributed by atoms with Crippen LogP contribution in [0.1, 0.15) is 67.4 Å². The van der Waals surface area contributed by atoms with Crippen LogP contribution in [0.2, 0.25) is 0 Å². The molecular weight excluding hydrogens is 439 g/mol. The summed E-state index contributed by atoms with van der Waals surface area (Å²) in [5.74, 6) is 1.37. The first-order valence-electron chi connectivity index (χ1n) is 12.0. The smallest absolute Gasteiger partial charge is 0.307 e. The summed E-state index contributed by atoms with van der Waals surface area (Å²) in [7, 11) is 0. The molecule has 179 valence electrons. The molecule has 2 aromatic carbocycles. The maximum absolute atomic E-state index is 12.6. The summed E-state index contributed by atoms with van der Waals surface area (Å²) in [5.41, 5.74) is 7.75. The van der Waals surface area contributed by atoms with E-state index in [0.717, 1.165) is 55.6 Å². The van der Waals surface area contributed by atoms with Gasteiger partial charge in [0.2, 0.25) is 0 Å². The molecule has 1 fully saturated rings. The number of hydrogen-bond donors (Lipinski definition) is 1. The fourth-order valence-electron chi connectivity index (χ4n) is 4.24. The molecule has 1 atom stereocenters. The Morgan fingerprint density at radius 2 is 1.71 bits per heavy atom. The van der Waals surface area contributed by atoms with E-state index >= 15 is 0 Å². The number of piperidine rings is 1. The number of likely N-dealkylation sites (tertiary alicyclic amines) is 1. The van der Waals surface area contributed by atoms with Crippen molar-refractivity contribution in [3.05, 3.63) is 65.7 Å². The van der Waals surface area contributed by atoms with Gasteiger partial charge >= 0.3 is 5.97 Å². The Hall–Kier alpha value is -1.86. The topological polar surface area (TPSA) is 81.9 Å². The minimum atomic E-state index is -0.368. The number of nitrogens with two attached hydrogens (primary N) is 1. The van der Waals surface area contributed by atoms with Crippen molar-refractivity contribution >= 4 is 41.4 Å². The Labute approximate surface area is 225 Å². The first-order valence-corrected chi connectivity index (χ1v) is 12.0. The predicted molar refractivity (Wildman–Crippen MR) is 135 cm³/mol. The number of unbranched alkanes of at least 4 members (excludes halogenated alkanes) is 1. The van der Waals surface area contributed by atoms with Crippen LogP contribution in [0, 0.1) is 5.92 Å². The molecule has 0 bridgehead atoms. The monoisotopic (exact) mass is 475 g/mol. The molecule has 2 aromatic rings. The maximum Gasteiger partial charge on any atom is 0.307 e. The molecule has 1 saturated heterocycles. The SMILES string of the molecule is CCOC(=O)CC(N)c1ccc(OCCCCC2CCN(C(=O)c3ccccc3)CC2)cc1.[Na]. The Morgan fingerprint density at radius 1 is 1.03 bits per heavy atom. The Morgan fingerprint density at radius 3 is 2.35 bits per heavy atom. The van der Waals surface area contributed by atoms with E-state index in [1.807, 2.05) is 59.5 Å². The second-order valence-electron chi connectivity index (χ2n) is 8.63. The summed E-state index contributed by atoms with van der Waals surface area (Å²) in [6, 6.07) is 16.8. The van der Waals surface area contributed by atoms with Crippen LogP contribution in [0.25, 0.3) is 0 Å². The Balaban J connectivity index is 0.00000408. The van der Waals surface area contributed by atoms with Crippen molar-refractivity contribution in [2.45, 2.75) is 51.5 Å². The fraction of sp³-hybridized carbons (Fsp3) is 0.481. The minimum Gasteiger partial charge on any atom is -0.494 e. The van der Waals surface area contributed by atoms with Gasteiger partial charge < -0.3 is 20.1 Å². The van der Waals surface area contributed by atoms with E-state index in [1.54, 1.807) is 6.92 Å². The van der Waals surface area contributed by atoms with Crippen LogP contribution in [0.15, 0.2) is 54.6 Å². The summed E-state index contributed by atoms with van der Waals surface area (Å²) >= 11 is 0. The summed E-state index contributed by atoms with van der Waals surface area (Å²) in [5, 5.41) is 0. The van der Waals surface area contributed by atoms with E-state index in [2.05, 4.69) is 0 Å². The molecule has 1 aliphatic heterocycles.